The molecule has 0 amide bonds. The number of aldehydes is 1. The summed E-state index contributed by atoms with van der Waals surface area (Å²) in [6, 6.07) is 6.39. The highest BCUT2D eigenvalue weighted by Crippen LogP contribution is 2.25. The van der Waals surface area contributed by atoms with Crippen LogP contribution in [0.2, 0.25) is 0 Å². The molecule has 0 spiro atoms. The van der Waals surface area contributed by atoms with Crippen molar-refractivity contribution in [2.24, 2.45) is 0 Å². The van der Waals surface area contributed by atoms with Gasteiger partial charge in [0.2, 0.25) is 0 Å². The summed E-state index contributed by atoms with van der Waals surface area (Å²) in [6.07, 6.45) is -1.14. The summed E-state index contributed by atoms with van der Waals surface area (Å²) in [6.45, 7) is 0. The fourth-order valence-electron chi connectivity index (χ4n) is 1.50. The van der Waals surface area contributed by atoms with E-state index in [2.05, 4.69) is 0 Å². The number of nitriles is 1. The molecule has 0 aromatic heterocycles. The van der Waals surface area contributed by atoms with Crippen LogP contribution >= 0.6 is 0 Å². The van der Waals surface area contributed by atoms with Gasteiger partial charge >= 0.3 is 0 Å². The first-order chi connectivity index (χ1) is 7.69. The molecule has 0 aliphatic rings. The Bertz CT molecular complexity index is 410. The van der Waals surface area contributed by atoms with E-state index in [9.17, 15) is 13.6 Å². The summed E-state index contributed by atoms with van der Waals surface area (Å²) in [5.41, 5.74) is 1.10. The summed E-state index contributed by atoms with van der Waals surface area (Å²) in [7, 11) is 0. The number of carbonyl (C=O) groups is 1. The second kappa shape index (κ2) is 5.96. The molecule has 2 nitrogen and oxygen atoms in total. The fraction of sp³-hybridized carbons (Fsp3) is 0.333. The van der Waals surface area contributed by atoms with E-state index in [-0.39, 0.29) is 18.4 Å². The Kier molecular flexibility index (Phi) is 4.59. The van der Waals surface area contributed by atoms with Crippen molar-refractivity contribution in [3.05, 3.63) is 34.9 Å². The third kappa shape index (κ3) is 3.13. The lowest BCUT2D eigenvalue weighted by Crippen LogP contribution is -1.97. The van der Waals surface area contributed by atoms with Crippen LogP contribution in [0, 0.1) is 11.3 Å². The highest BCUT2D eigenvalue weighted by atomic mass is 19.3. The molecule has 1 rings (SSSR count). The van der Waals surface area contributed by atoms with Crippen LogP contribution < -0.4 is 0 Å². The van der Waals surface area contributed by atoms with Crippen molar-refractivity contribution in [2.75, 3.05) is 0 Å². The smallest absolute Gasteiger partial charge is 0.264 e. The van der Waals surface area contributed by atoms with E-state index in [0.29, 0.717) is 23.8 Å². The summed E-state index contributed by atoms with van der Waals surface area (Å²) < 4.78 is 25.2. The number of hydrogen-bond donors (Lipinski definition) is 0. The van der Waals surface area contributed by atoms with Gasteiger partial charge < -0.3 is 4.79 Å². The Morgan fingerprint density at radius 3 is 2.75 bits per heavy atom. The molecule has 0 fully saturated rings. The Labute approximate surface area is 92.5 Å². The molecule has 84 valence electrons. The normalized spacial score (nSPS) is 10.1. The van der Waals surface area contributed by atoms with Gasteiger partial charge in [-0.3, -0.25) is 0 Å². The maximum Gasteiger partial charge on any atom is 0.264 e. The van der Waals surface area contributed by atoms with Gasteiger partial charge in [0.05, 0.1) is 12.5 Å². The topological polar surface area (TPSA) is 40.9 Å². The van der Waals surface area contributed by atoms with E-state index in [4.69, 9.17) is 5.26 Å². The molecule has 0 atom stereocenters. The van der Waals surface area contributed by atoms with E-state index in [1.165, 1.54) is 12.1 Å². The predicted octanol–water partition coefficient (Wildman–Crippen LogP) is 2.82. The number of nitrogens with zero attached hydrogens (tertiary/aromatic N) is 1. The zero-order valence-electron chi connectivity index (χ0n) is 8.62. The second-order valence-corrected chi connectivity index (χ2v) is 3.37. The number of alkyl halides is 2. The summed E-state index contributed by atoms with van der Waals surface area (Å²) in [5, 5.41) is 8.51. The Morgan fingerprint density at radius 2 is 2.19 bits per heavy atom. The molecule has 1 aromatic carbocycles. The molecular formula is C12H11F2NO. The van der Waals surface area contributed by atoms with Crippen molar-refractivity contribution < 1.29 is 13.6 Å². The van der Waals surface area contributed by atoms with E-state index < -0.39 is 6.43 Å². The van der Waals surface area contributed by atoms with E-state index >= 15 is 0 Å². The van der Waals surface area contributed by atoms with Gasteiger partial charge in [-0.25, -0.2) is 8.78 Å². The molecule has 0 aliphatic heterocycles. The number of rotatable bonds is 5. The van der Waals surface area contributed by atoms with Crippen LogP contribution in [0.1, 0.15) is 29.5 Å². The van der Waals surface area contributed by atoms with Crippen molar-refractivity contribution in [2.45, 2.75) is 25.7 Å². The van der Waals surface area contributed by atoms with Gasteiger partial charge in [0, 0.05) is 12.0 Å². The molecule has 0 radical (unpaired) electrons. The number of halogens is 2. The van der Waals surface area contributed by atoms with Crippen LogP contribution in [0.15, 0.2) is 18.2 Å². The molecule has 0 bridgehead atoms. The van der Waals surface area contributed by atoms with E-state index in [1.807, 2.05) is 6.07 Å². The average Bonchev–Trinajstić information content (AvgIpc) is 2.26. The second-order valence-electron chi connectivity index (χ2n) is 3.37. The first kappa shape index (κ1) is 12.3. The molecule has 16 heavy (non-hydrogen) atoms. The van der Waals surface area contributed by atoms with Crippen LogP contribution in [0.4, 0.5) is 8.78 Å². The molecule has 0 saturated heterocycles. The molecule has 0 heterocycles. The molecular weight excluding hydrogens is 212 g/mol. The maximum absolute atomic E-state index is 12.6. The number of aryl methyl sites for hydroxylation is 1. The molecule has 0 aliphatic carbocycles. The van der Waals surface area contributed by atoms with Gasteiger partial charge in [0.25, 0.3) is 6.43 Å². The molecule has 1 aromatic rings. The summed E-state index contributed by atoms with van der Waals surface area (Å²) in [5.74, 6) is 0. The lowest BCUT2D eigenvalue weighted by molar-refractivity contribution is -0.107. The van der Waals surface area contributed by atoms with Crippen LogP contribution in [0.5, 0.6) is 0 Å². The van der Waals surface area contributed by atoms with E-state index in [0.717, 1.165) is 0 Å². The fourth-order valence-corrected chi connectivity index (χ4v) is 1.50. The summed E-state index contributed by atoms with van der Waals surface area (Å²) in [4.78, 5) is 10.2. The van der Waals surface area contributed by atoms with Crippen molar-refractivity contribution >= 4 is 6.29 Å². The van der Waals surface area contributed by atoms with Gasteiger partial charge in [0.15, 0.2) is 0 Å². The van der Waals surface area contributed by atoms with Crippen molar-refractivity contribution in [1.82, 2.24) is 0 Å². The van der Waals surface area contributed by atoms with Gasteiger partial charge in [-0.1, -0.05) is 18.2 Å². The van der Waals surface area contributed by atoms with Gasteiger partial charge in [0.1, 0.15) is 6.29 Å². The summed E-state index contributed by atoms with van der Waals surface area (Å²) >= 11 is 0. The van der Waals surface area contributed by atoms with Crippen LogP contribution in [-0.2, 0) is 17.6 Å². The number of benzene rings is 1. The molecule has 0 saturated carbocycles. The van der Waals surface area contributed by atoms with Crippen molar-refractivity contribution in [3.8, 4) is 6.07 Å². The SMILES string of the molecule is N#CCc1ccc(C(F)F)c(CCC=O)c1. The third-order valence-corrected chi connectivity index (χ3v) is 2.26. The van der Waals surface area contributed by atoms with Gasteiger partial charge in [-0.15, -0.1) is 0 Å². The van der Waals surface area contributed by atoms with Gasteiger partial charge in [-0.05, 0) is 17.5 Å². The zero-order valence-corrected chi connectivity index (χ0v) is 8.62. The average molecular weight is 223 g/mol. The molecule has 0 N–H and O–H groups in total. The third-order valence-electron chi connectivity index (χ3n) is 2.26. The largest absolute Gasteiger partial charge is 0.303 e. The van der Waals surface area contributed by atoms with E-state index in [1.54, 1.807) is 6.07 Å². The van der Waals surface area contributed by atoms with Crippen LogP contribution in [0.3, 0.4) is 0 Å². The molecule has 4 heteroatoms. The quantitative estimate of drug-likeness (QED) is 0.720. The Morgan fingerprint density at radius 1 is 1.44 bits per heavy atom. The standard InChI is InChI=1S/C12H11F2NO/c13-12(14)11-4-3-9(5-6-15)8-10(11)2-1-7-16/h3-4,7-8,12H,1-2,5H2. The minimum absolute atomic E-state index is 0.0523. The van der Waals surface area contributed by atoms with Crippen molar-refractivity contribution in [1.29, 1.82) is 5.26 Å². The first-order valence-electron chi connectivity index (χ1n) is 4.89. The lowest BCUT2D eigenvalue weighted by atomic mass is 9.99. The highest BCUT2D eigenvalue weighted by molar-refractivity contribution is 5.50. The predicted molar refractivity (Wildman–Crippen MR) is 55.1 cm³/mol. The monoisotopic (exact) mass is 223 g/mol. The van der Waals surface area contributed by atoms with Crippen LogP contribution in [0.25, 0.3) is 0 Å². The highest BCUT2D eigenvalue weighted by Gasteiger charge is 2.12. The zero-order chi connectivity index (χ0) is 12.0. The Hall–Kier alpha value is -1.76. The lowest BCUT2D eigenvalue weighted by Gasteiger charge is -2.08. The first-order valence-corrected chi connectivity index (χ1v) is 4.89. The molecule has 0 unspecified atom stereocenters. The number of carbonyl (C=O) groups excluding carboxylic acids is 1. The minimum Gasteiger partial charge on any atom is -0.303 e. The maximum atomic E-state index is 12.6. The van der Waals surface area contributed by atoms with Gasteiger partial charge in [-0.2, -0.15) is 5.26 Å². The minimum atomic E-state index is -2.54. The Balaban J connectivity index is 3.01. The number of hydrogen-bond acceptors (Lipinski definition) is 2. The van der Waals surface area contributed by atoms with Crippen LogP contribution in [-0.4, -0.2) is 6.29 Å². The van der Waals surface area contributed by atoms with Crippen molar-refractivity contribution in [3.63, 3.8) is 0 Å².